The standard InChI is InChI=1S/C17H17NO3/c1-11-10-18(9-8-15(11)19)17(21)14-7-6-12-4-2-3-5-13(12)16(14)20/h2-7,11,20H,8-10H2,1H3/t11-/m1/s1. The minimum Gasteiger partial charge on any atom is -0.506 e. The molecule has 1 heterocycles. The van der Waals surface area contributed by atoms with Gasteiger partial charge in [0.15, 0.2) is 0 Å². The Kier molecular flexibility index (Phi) is 3.37. The molecule has 0 unspecified atom stereocenters. The summed E-state index contributed by atoms with van der Waals surface area (Å²) < 4.78 is 0. The second-order valence-electron chi connectivity index (χ2n) is 5.55. The second kappa shape index (κ2) is 5.20. The van der Waals surface area contributed by atoms with Crippen LogP contribution in [0.15, 0.2) is 36.4 Å². The van der Waals surface area contributed by atoms with Crippen molar-refractivity contribution < 1.29 is 14.7 Å². The van der Waals surface area contributed by atoms with Crippen LogP contribution in [0.3, 0.4) is 0 Å². The Morgan fingerprint density at radius 2 is 2.00 bits per heavy atom. The van der Waals surface area contributed by atoms with E-state index in [9.17, 15) is 14.7 Å². The minimum absolute atomic E-state index is 0.0163. The molecule has 1 fully saturated rings. The van der Waals surface area contributed by atoms with Gasteiger partial charge in [-0.15, -0.1) is 0 Å². The molecule has 3 rings (SSSR count). The smallest absolute Gasteiger partial charge is 0.257 e. The molecular formula is C17H17NO3. The lowest BCUT2D eigenvalue weighted by atomic mass is 9.97. The predicted molar refractivity (Wildman–Crippen MR) is 80.3 cm³/mol. The van der Waals surface area contributed by atoms with Crippen molar-refractivity contribution in [1.29, 1.82) is 0 Å². The van der Waals surface area contributed by atoms with E-state index in [-0.39, 0.29) is 23.4 Å². The summed E-state index contributed by atoms with van der Waals surface area (Å²) in [5, 5.41) is 11.9. The summed E-state index contributed by atoms with van der Waals surface area (Å²) in [6.45, 7) is 2.68. The van der Waals surface area contributed by atoms with Crippen molar-refractivity contribution in [3.8, 4) is 5.75 Å². The SMILES string of the molecule is C[C@@H]1CN(C(=O)c2ccc3ccccc3c2O)CCC1=O. The van der Waals surface area contributed by atoms with Crippen LogP contribution in [0.5, 0.6) is 5.75 Å². The van der Waals surface area contributed by atoms with E-state index < -0.39 is 0 Å². The number of likely N-dealkylation sites (tertiary alicyclic amines) is 1. The fraction of sp³-hybridized carbons (Fsp3) is 0.294. The maximum absolute atomic E-state index is 12.6. The van der Waals surface area contributed by atoms with Gasteiger partial charge in [0.05, 0.1) is 5.56 Å². The zero-order chi connectivity index (χ0) is 15.0. The zero-order valence-electron chi connectivity index (χ0n) is 11.9. The van der Waals surface area contributed by atoms with Crippen LogP contribution in [0, 0.1) is 5.92 Å². The zero-order valence-corrected chi connectivity index (χ0v) is 11.9. The third kappa shape index (κ3) is 2.37. The highest BCUT2D eigenvalue weighted by molar-refractivity contribution is 6.04. The van der Waals surface area contributed by atoms with Gasteiger partial charge in [-0.1, -0.05) is 37.3 Å². The van der Waals surface area contributed by atoms with E-state index in [1.807, 2.05) is 31.2 Å². The number of nitrogens with zero attached hydrogens (tertiary/aromatic N) is 1. The first-order valence-electron chi connectivity index (χ1n) is 7.10. The van der Waals surface area contributed by atoms with Crippen molar-refractivity contribution in [1.82, 2.24) is 4.90 Å². The molecule has 1 atom stereocenters. The van der Waals surface area contributed by atoms with Gasteiger partial charge in [0.1, 0.15) is 11.5 Å². The highest BCUT2D eigenvalue weighted by Gasteiger charge is 2.28. The van der Waals surface area contributed by atoms with Crippen molar-refractivity contribution in [2.24, 2.45) is 5.92 Å². The summed E-state index contributed by atoms with van der Waals surface area (Å²) in [5.41, 5.74) is 0.301. The molecule has 1 amide bonds. The van der Waals surface area contributed by atoms with Crippen LogP contribution in [0.4, 0.5) is 0 Å². The summed E-state index contributed by atoms with van der Waals surface area (Å²) in [6, 6.07) is 10.9. The number of aromatic hydroxyl groups is 1. The molecule has 108 valence electrons. The molecule has 4 nitrogen and oxygen atoms in total. The van der Waals surface area contributed by atoms with Crippen molar-refractivity contribution >= 4 is 22.5 Å². The predicted octanol–water partition coefficient (Wildman–Crippen LogP) is 2.60. The molecule has 21 heavy (non-hydrogen) atoms. The Labute approximate surface area is 123 Å². The molecule has 0 aliphatic carbocycles. The Morgan fingerprint density at radius 3 is 2.76 bits per heavy atom. The molecule has 1 saturated heterocycles. The first kappa shape index (κ1) is 13.6. The fourth-order valence-electron chi connectivity index (χ4n) is 2.80. The third-order valence-electron chi connectivity index (χ3n) is 4.09. The number of phenols is 1. The van der Waals surface area contributed by atoms with Crippen LogP contribution in [0.1, 0.15) is 23.7 Å². The van der Waals surface area contributed by atoms with Gasteiger partial charge in [-0.05, 0) is 11.5 Å². The molecule has 0 saturated carbocycles. The maximum atomic E-state index is 12.6. The van der Waals surface area contributed by atoms with E-state index in [4.69, 9.17) is 0 Å². The lowest BCUT2D eigenvalue weighted by Crippen LogP contribution is -2.43. The average molecular weight is 283 g/mol. The quantitative estimate of drug-likeness (QED) is 0.875. The summed E-state index contributed by atoms with van der Waals surface area (Å²) in [6.07, 6.45) is 0.390. The molecule has 0 bridgehead atoms. The number of carbonyl (C=O) groups excluding carboxylic acids is 2. The summed E-state index contributed by atoms with van der Waals surface area (Å²) in [4.78, 5) is 25.8. The highest BCUT2D eigenvalue weighted by atomic mass is 16.3. The van der Waals surface area contributed by atoms with E-state index in [2.05, 4.69) is 0 Å². The highest BCUT2D eigenvalue weighted by Crippen LogP contribution is 2.30. The summed E-state index contributed by atoms with van der Waals surface area (Å²) in [5.74, 6) is -0.132. The van der Waals surface area contributed by atoms with Crippen molar-refractivity contribution in [3.05, 3.63) is 42.0 Å². The Bertz CT molecular complexity index is 723. The third-order valence-corrected chi connectivity index (χ3v) is 4.09. The van der Waals surface area contributed by atoms with Gasteiger partial charge in [0, 0.05) is 30.8 Å². The maximum Gasteiger partial charge on any atom is 0.257 e. The van der Waals surface area contributed by atoms with E-state index in [1.54, 1.807) is 17.0 Å². The van der Waals surface area contributed by atoms with E-state index in [1.165, 1.54) is 0 Å². The van der Waals surface area contributed by atoms with Crippen LogP contribution in [0.2, 0.25) is 0 Å². The van der Waals surface area contributed by atoms with Crippen molar-refractivity contribution in [3.63, 3.8) is 0 Å². The van der Waals surface area contributed by atoms with Crippen molar-refractivity contribution in [2.45, 2.75) is 13.3 Å². The van der Waals surface area contributed by atoms with Crippen molar-refractivity contribution in [2.75, 3.05) is 13.1 Å². The Morgan fingerprint density at radius 1 is 1.24 bits per heavy atom. The number of ketones is 1. The van der Waals surface area contributed by atoms with E-state index >= 15 is 0 Å². The molecule has 0 aromatic heterocycles. The van der Waals surface area contributed by atoms with E-state index in [0.29, 0.717) is 30.5 Å². The topological polar surface area (TPSA) is 57.6 Å². The molecule has 1 aliphatic heterocycles. The largest absolute Gasteiger partial charge is 0.506 e. The second-order valence-corrected chi connectivity index (χ2v) is 5.55. The first-order valence-corrected chi connectivity index (χ1v) is 7.10. The normalized spacial score (nSPS) is 19.0. The van der Waals surface area contributed by atoms with Gasteiger partial charge in [0.25, 0.3) is 5.91 Å². The van der Waals surface area contributed by atoms with Gasteiger partial charge >= 0.3 is 0 Å². The van der Waals surface area contributed by atoms with Crippen LogP contribution in [-0.4, -0.2) is 34.8 Å². The minimum atomic E-state index is -0.211. The number of Topliss-reactive ketones (excluding diaryl/α,β-unsaturated/α-hetero) is 1. The number of rotatable bonds is 1. The number of hydrogen-bond donors (Lipinski definition) is 1. The monoisotopic (exact) mass is 283 g/mol. The van der Waals surface area contributed by atoms with E-state index in [0.717, 1.165) is 5.39 Å². The van der Waals surface area contributed by atoms with Crippen LogP contribution in [-0.2, 0) is 4.79 Å². The van der Waals surface area contributed by atoms with Gasteiger partial charge in [-0.25, -0.2) is 0 Å². The lowest BCUT2D eigenvalue weighted by Gasteiger charge is -2.30. The molecule has 4 heteroatoms. The number of phenolic OH excluding ortho intramolecular Hbond substituents is 1. The molecule has 0 radical (unpaired) electrons. The average Bonchev–Trinajstić information content (AvgIpc) is 2.50. The van der Waals surface area contributed by atoms with Crippen LogP contribution in [0.25, 0.3) is 10.8 Å². The van der Waals surface area contributed by atoms with Gasteiger partial charge < -0.3 is 10.0 Å². The molecule has 0 spiro atoms. The lowest BCUT2D eigenvalue weighted by molar-refractivity contribution is -0.124. The van der Waals surface area contributed by atoms with Gasteiger partial charge in [-0.2, -0.15) is 0 Å². The molecule has 2 aromatic carbocycles. The molecule has 1 N–H and O–H groups in total. The number of benzene rings is 2. The summed E-state index contributed by atoms with van der Waals surface area (Å²) >= 11 is 0. The summed E-state index contributed by atoms with van der Waals surface area (Å²) in [7, 11) is 0. The number of amides is 1. The van der Waals surface area contributed by atoms with Gasteiger partial charge in [-0.3, -0.25) is 9.59 Å². The first-order chi connectivity index (χ1) is 10.1. The van der Waals surface area contributed by atoms with Gasteiger partial charge in [0.2, 0.25) is 0 Å². The number of fused-ring (bicyclic) bond motifs is 1. The Hall–Kier alpha value is -2.36. The molecule has 1 aliphatic rings. The molecular weight excluding hydrogens is 266 g/mol. The van der Waals surface area contributed by atoms with Crippen LogP contribution >= 0.6 is 0 Å². The Balaban J connectivity index is 1.95. The number of hydrogen-bond acceptors (Lipinski definition) is 3. The van der Waals surface area contributed by atoms with Crippen LogP contribution < -0.4 is 0 Å². The number of piperidine rings is 1. The fourth-order valence-corrected chi connectivity index (χ4v) is 2.80. The molecule has 2 aromatic rings. The number of carbonyl (C=O) groups is 2.